The van der Waals surface area contributed by atoms with Crippen LogP contribution < -0.4 is 20.2 Å². The van der Waals surface area contributed by atoms with E-state index in [-0.39, 0.29) is 0 Å². The van der Waals surface area contributed by atoms with E-state index in [0.717, 1.165) is 33.4 Å². The van der Waals surface area contributed by atoms with E-state index in [9.17, 15) is 4.79 Å². The van der Waals surface area contributed by atoms with Crippen LogP contribution in [-0.4, -0.2) is 20.2 Å². The number of nitrogens with two attached hydrogens (primary N) is 1. The minimum atomic E-state index is -0.605. The number of aryl methyl sites for hydroxylation is 1. The number of methoxy groups -OCH3 is 2. The van der Waals surface area contributed by atoms with Crippen molar-refractivity contribution in [2.45, 2.75) is 26.0 Å². The highest BCUT2D eigenvalue weighted by Gasteiger charge is 2.23. The second-order valence-electron chi connectivity index (χ2n) is 8.66. The molecule has 0 spiro atoms. The molecule has 3 aromatic carbocycles. The molecule has 37 heavy (non-hydrogen) atoms. The van der Waals surface area contributed by atoms with Gasteiger partial charge in [0.25, 0.3) is 0 Å². The Labute approximate surface area is 222 Å². The number of ether oxygens (including phenoxy) is 3. The van der Waals surface area contributed by atoms with Crippen molar-refractivity contribution in [1.82, 2.24) is 0 Å². The van der Waals surface area contributed by atoms with Gasteiger partial charge in [-0.2, -0.15) is 0 Å². The van der Waals surface area contributed by atoms with Crippen LogP contribution in [0.25, 0.3) is 11.1 Å². The number of carbonyl (C=O) groups excluding carboxylic acids is 1. The van der Waals surface area contributed by atoms with E-state index in [1.807, 2.05) is 61.7 Å². The van der Waals surface area contributed by atoms with Gasteiger partial charge in [0.05, 0.1) is 19.8 Å². The smallest absolute Gasteiger partial charge is 0.338 e. The van der Waals surface area contributed by atoms with Gasteiger partial charge in [-0.3, -0.25) is 0 Å². The van der Waals surface area contributed by atoms with Crippen molar-refractivity contribution in [3.05, 3.63) is 112 Å². The summed E-state index contributed by atoms with van der Waals surface area (Å²) < 4.78 is 16.9. The summed E-state index contributed by atoms with van der Waals surface area (Å²) in [5, 5.41) is 0.575. The lowest BCUT2D eigenvalue weighted by Gasteiger charge is -2.21. The summed E-state index contributed by atoms with van der Waals surface area (Å²) in [4.78, 5) is 16.3. The molecule has 0 aliphatic carbocycles. The standard InChI is InChI=1S/C30H29ClN2O4/c1-19-17-33-18-26(31)25(19)15-28(24-11-12-27(35-2)29(14-24)36-3)37-30(34)22-9-7-21(8-10-22)23-6-4-5-20(13-23)16-32/h4-14,17-18,28H,15-16,32H2,1-3H3/p+1/t28-/m0/s1. The van der Waals surface area contributed by atoms with E-state index in [1.54, 1.807) is 38.6 Å². The molecular formula is C30H30ClN2O4+. The summed E-state index contributed by atoms with van der Waals surface area (Å²) in [6.07, 6.45) is 3.37. The molecule has 1 aromatic heterocycles. The van der Waals surface area contributed by atoms with Gasteiger partial charge in [-0.1, -0.05) is 48.0 Å². The van der Waals surface area contributed by atoms with Crippen molar-refractivity contribution in [2.75, 3.05) is 14.2 Å². The molecule has 4 rings (SSSR count). The summed E-state index contributed by atoms with van der Waals surface area (Å²) in [5.74, 6) is 0.710. The van der Waals surface area contributed by atoms with E-state index in [0.29, 0.717) is 35.1 Å². The van der Waals surface area contributed by atoms with E-state index in [2.05, 4.69) is 4.98 Å². The first-order valence-corrected chi connectivity index (χ1v) is 12.3. The molecule has 6 nitrogen and oxygen atoms in total. The Morgan fingerprint density at radius 1 is 0.946 bits per heavy atom. The second-order valence-corrected chi connectivity index (χ2v) is 9.07. The number of hydrogen-bond donors (Lipinski definition) is 1. The number of pyridine rings is 1. The number of halogens is 1. The summed E-state index contributed by atoms with van der Waals surface area (Å²) in [6, 6.07) is 20.9. The van der Waals surface area contributed by atoms with Gasteiger partial charge in [0.15, 0.2) is 23.9 Å². The second kappa shape index (κ2) is 11.9. The fourth-order valence-corrected chi connectivity index (χ4v) is 4.49. The molecule has 0 amide bonds. The molecule has 0 radical (unpaired) electrons. The first-order chi connectivity index (χ1) is 17.9. The molecule has 1 heterocycles. The number of H-pyrrole nitrogens is 1. The monoisotopic (exact) mass is 517 g/mol. The molecule has 0 unspecified atom stereocenters. The zero-order valence-corrected chi connectivity index (χ0v) is 21.8. The molecule has 0 bridgehead atoms. The third-order valence-electron chi connectivity index (χ3n) is 6.31. The minimum Gasteiger partial charge on any atom is -0.493 e. The van der Waals surface area contributed by atoms with Gasteiger partial charge in [0, 0.05) is 18.5 Å². The highest BCUT2D eigenvalue weighted by molar-refractivity contribution is 6.31. The molecule has 0 saturated carbocycles. The van der Waals surface area contributed by atoms with Crippen molar-refractivity contribution in [1.29, 1.82) is 0 Å². The zero-order chi connectivity index (χ0) is 26.4. The third-order valence-corrected chi connectivity index (χ3v) is 6.65. The van der Waals surface area contributed by atoms with Crippen molar-refractivity contribution < 1.29 is 24.0 Å². The van der Waals surface area contributed by atoms with Crippen molar-refractivity contribution >= 4 is 17.6 Å². The van der Waals surface area contributed by atoms with Crippen LogP contribution in [-0.2, 0) is 17.7 Å². The van der Waals surface area contributed by atoms with Crippen LogP contribution in [0.3, 0.4) is 0 Å². The Kier molecular flexibility index (Phi) is 8.43. The van der Waals surface area contributed by atoms with Crippen LogP contribution >= 0.6 is 11.6 Å². The molecule has 3 N–H and O–H groups in total. The zero-order valence-electron chi connectivity index (χ0n) is 21.1. The third kappa shape index (κ3) is 6.10. The maximum atomic E-state index is 13.3. The van der Waals surface area contributed by atoms with Crippen LogP contribution in [0.15, 0.2) is 79.1 Å². The molecule has 0 aliphatic heterocycles. The SMILES string of the molecule is COc1ccc([C@H](Cc2c(C)c[nH+]cc2Cl)OC(=O)c2ccc(-c3cccc(CN)c3)cc2)cc1OC. The average Bonchev–Trinajstić information content (AvgIpc) is 2.94. The number of nitrogens with one attached hydrogen (secondary N) is 1. The molecule has 7 heteroatoms. The van der Waals surface area contributed by atoms with E-state index in [4.69, 9.17) is 31.5 Å². The fraction of sp³-hybridized carbons (Fsp3) is 0.200. The van der Waals surface area contributed by atoms with Crippen molar-refractivity contribution in [2.24, 2.45) is 5.73 Å². The molecule has 190 valence electrons. The average molecular weight is 518 g/mol. The number of benzene rings is 3. The maximum absolute atomic E-state index is 13.3. The van der Waals surface area contributed by atoms with Gasteiger partial charge < -0.3 is 19.9 Å². The normalized spacial score (nSPS) is 11.6. The van der Waals surface area contributed by atoms with Gasteiger partial charge in [-0.25, -0.2) is 9.78 Å². The molecule has 0 aliphatic rings. The summed E-state index contributed by atoms with van der Waals surface area (Å²) >= 11 is 6.49. The van der Waals surface area contributed by atoms with Crippen LogP contribution in [0.2, 0.25) is 5.02 Å². The molecule has 0 saturated heterocycles. The van der Waals surface area contributed by atoms with E-state index >= 15 is 0 Å². The molecule has 4 aromatic rings. The van der Waals surface area contributed by atoms with Crippen LogP contribution in [0.1, 0.15) is 38.7 Å². The lowest BCUT2D eigenvalue weighted by atomic mass is 9.98. The largest absolute Gasteiger partial charge is 0.493 e. The molecule has 1 atom stereocenters. The predicted molar refractivity (Wildman–Crippen MR) is 144 cm³/mol. The van der Waals surface area contributed by atoms with Gasteiger partial charge in [0.1, 0.15) is 11.1 Å². The number of esters is 1. The van der Waals surface area contributed by atoms with Crippen molar-refractivity contribution in [3.63, 3.8) is 0 Å². The number of carbonyl (C=O) groups is 1. The Bertz CT molecular complexity index is 1370. The Morgan fingerprint density at radius 3 is 2.38 bits per heavy atom. The van der Waals surface area contributed by atoms with E-state index in [1.165, 1.54) is 0 Å². The number of aromatic nitrogens is 1. The number of aromatic amines is 1. The summed E-state index contributed by atoms with van der Waals surface area (Å²) in [6.45, 7) is 2.43. The van der Waals surface area contributed by atoms with Gasteiger partial charge in [-0.05, 0) is 65.1 Å². The molecular weight excluding hydrogens is 488 g/mol. The predicted octanol–water partition coefficient (Wildman–Crippen LogP) is 5.75. The highest BCUT2D eigenvalue weighted by atomic mass is 35.5. The first-order valence-electron chi connectivity index (χ1n) is 11.9. The quantitative estimate of drug-likeness (QED) is 0.286. The van der Waals surface area contributed by atoms with Crippen molar-refractivity contribution in [3.8, 4) is 22.6 Å². The summed E-state index contributed by atoms with van der Waals surface area (Å²) in [7, 11) is 3.15. The van der Waals surface area contributed by atoms with Crippen LogP contribution in [0.5, 0.6) is 11.5 Å². The number of rotatable bonds is 9. The number of hydrogen-bond acceptors (Lipinski definition) is 5. The van der Waals surface area contributed by atoms with Gasteiger partial charge in [0.2, 0.25) is 0 Å². The molecule has 0 fully saturated rings. The first kappa shape index (κ1) is 26.2. The van der Waals surface area contributed by atoms with Crippen LogP contribution in [0, 0.1) is 6.92 Å². The van der Waals surface area contributed by atoms with Gasteiger partial charge >= 0.3 is 5.97 Å². The fourth-order valence-electron chi connectivity index (χ4n) is 4.20. The Balaban J connectivity index is 1.63. The Morgan fingerprint density at radius 2 is 1.70 bits per heavy atom. The lowest BCUT2D eigenvalue weighted by molar-refractivity contribution is -0.378. The lowest BCUT2D eigenvalue weighted by Crippen LogP contribution is -2.16. The summed E-state index contributed by atoms with van der Waals surface area (Å²) in [5.41, 5.74) is 11.9. The van der Waals surface area contributed by atoms with Crippen LogP contribution in [0.4, 0.5) is 0 Å². The van der Waals surface area contributed by atoms with Gasteiger partial charge in [-0.15, -0.1) is 0 Å². The Hall–Kier alpha value is -3.87. The van der Waals surface area contributed by atoms with E-state index < -0.39 is 12.1 Å². The minimum absolute atomic E-state index is 0.393. The highest BCUT2D eigenvalue weighted by Crippen LogP contribution is 2.34. The topological polar surface area (TPSA) is 84.9 Å². The maximum Gasteiger partial charge on any atom is 0.338 e.